The van der Waals surface area contributed by atoms with Crippen LogP contribution in [0.5, 0.6) is 0 Å². The second-order valence-electron chi connectivity index (χ2n) is 6.67. The lowest BCUT2D eigenvalue weighted by atomic mass is 9.99. The van der Waals surface area contributed by atoms with Crippen LogP contribution in [0, 0.1) is 10.1 Å². The average molecular weight is 414 g/mol. The molecule has 1 aromatic heterocycles. The fourth-order valence-electron chi connectivity index (χ4n) is 2.90. The lowest BCUT2D eigenvalue weighted by Crippen LogP contribution is -2.11. The number of rotatable bonds is 5. The van der Waals surface area contributed by atoms with Crippen LogP contribution >= 0.6 is 11.6 Å². The molecule has 0 aliphatic carbocycles. The molecule has 0 spiro atoms. The Morgan fingerprint density at radius 3 is 2.62 bits per heavy atom. The number of hydrogen-bond donors (Lipinski definition) is 2. The SMILES string of the molecule is CC(C)c1ccc(/C=C(\Cl)c2nc3cc(C(=O)O)ccc3c(=O)[nH]2)cc1[N+](=O)[O-]. The van der Waals surface area contributed by atoms with Crippen molar-refractivity contribution in [1.29, 1.82) is 0 Å². The zero-order valence-corrected chi connectivity index (χ0v) is 16.2. The van der Waals surface area contributed by atoms with Gasteiger partial charge in [-0.15, -0.1) is 0 Å². The molecule has 0 fully saturated rings. The van der Waals surface area contributed by atoms with Gasteiger partial charge in [0.1, 0.15) is 0 Å². The summed E-state index contributed by atoms with van der Waals surface area (Å²) in [6.07, 6.45) is 1.45. The summed E-state index contributed by atoms with van der Waals surface area (Å²) in [5.74, 6) is -1.14. The molecule has 3 aromatic rings. The van der Waals surface area contributed by atoms with Gasteiger partial charge in [0.25, 0.3) is 11.2 Å². The maximum absolute atomic E-state index is 12.3. The van der Waals surface area contributed by atoms with Gasteiger partial charge in [-0.1, -0.05) is 37.6 Å². The van der Waals surface area contributed by atoms with Gasteiger partial charge in [-0.2, -0.15) is 0 Å². The molecule has 29 heavy (non-hydrogen) atoms. The molecule has 0 aliphatic rings. The van der Waals surface area contributed by atoms with Crippen LogP contribution in [0.2, 0.25) is 0 Å². The third kappa shape index (κ3) is 4.17. The van der Waals surface area contributed by atoms with Crippen molar-refractivity contribution in [3.8, 4) is 0 Å². The van der Waals surface area contributed by atoms with Gasteiger partial charge in [-0.3, -0.25) is 14.9 Å². The Hall–Kier alpha value is -3.52. The maximum atomic E-state index is 12.3. The van der Waals surface area contributed by atoms with E-state index < -0.39 is 16.5 Å². The number of nitro benzene ring substituents is 1. The standard InChI is InChI=1S/C20H16ClN3O5/c1-10(2)13-5-3-11(8-17(13)24(28)29)7-15(21)18-22-16-9-12(20(26)27)4-6-14(16)19(25)23-18/h3-10H,1-2H3,(H,26,27)(H,22,23,25)/b15-7-. The van der Waals surface area contributed by atoms with Crippen molar-refractivity contribution in [1.82, 2.24) is 9.97 Å². The molecule has 2 N–H and O–H groups in total. The van der Waals surface area contributed by atoms with E-state index in [1.165, 1.54) is 30.3 Å². The largest absolute Gasteiger partial charge is 0.478 e. The highest BCUT2D eigenvalue weighted by Gasteiger charge is 2.17. The molecule has 9 heteroatoms. The van der Waals surface area contributed by atoms with Gasteiger partial charge in [0.05, 0.1) is 26.4 Å². The molecule has 0 saturated carbocycles. The highest BCUT2D eigenvalue weighted by atomic mass is 35.5. The predicted octanol–water partition coefficient (Wildman–Crippen LogP) is 4.39. The van der Waals surface area contributed by atoms with Gasteiger partial charge in [0, 0.05) is 11.6 Å². The number of benzene rings is 2. The number of carboxylic acids is 1. The van der Waals surface area contributed by atoms with Crippen molar-refractivity contribution < 1.29 is 14.8 Å². The molecule has 0 radical (unpaired) electrons. The number of aromatic amines is 1. The Labute approximate surface area is 169 Å². The number of fused-ring (bicyclic) bond motifs is 1. The number of nitrogens with zero attached hydrogens (tertiary/aromatic N) is 2. The molecular formula is C20H16ClN3O5. The average Bonchev–Trinajstić information content (AvgIpc) is 2.67. The highest BCUT2D eigenvalue weighted by molar-refractivity contribution is 6.50. The number of aromatic nitrogens is 2. The molecule has 3 rings (SSSR count). The van der Waals surface area contributed by atoms with Crippen molar-refractivity contribution >= 4 is 45.3 Å². The van der Waals surface area contributed by atoms with Crippen molar-refractivity contribution in [3.05, 3.63) is 79.4 Å². The summed E-state index contributed by atoms with van der Waals surface area (Å²) in [5, 5.41) is 20.7. The Bertz CT molecular complexity index is 1230. The summed E-state index contributed by atoms with van der Waals surface area (Å²) < 4.78 is 0. The smallest absolute Gasteiger partial charge is 0.335 e. The van der Waals surface area contributed by atoms with E-state index in [-0.39, 0.29) is 38.9 Å². The summed E-state index contributed by atoms with van der Waals surface area (Å²) >= 11 is 6.29. The molecule has 8 nitrogen and oxygen atoms in total. The predicted molar refractivity (Wildman–Crippen MR) is 110 cm³/mol. The first kappa shape index (κ1) is 20.2. The molecule has 1 heterocycles. The second-order valence-corrected chi connectivity index (χ2v) is 7.08. The Balaban J connectivity index is 2.09. The number of hydrogen-bond acceptors (Lipinski definition) is 5. The third-order valence-electron chi connectivity index (χ3n) is 4.35. The normalized spacial score (nSPS) is 11.8. The van der Waals surface area contributed by atoms with Crippen LogP contribution in [0.15, 0.2) is 41.2 Å². The molecule has 0 aliphatic heterocycles. The van der Waals surface area contributed by atoms with Gasteiger partial charge in [0.2, 0.25) is 0 Å². The quantitative estimate of drug-likeness (QED) is 0.471. The van der Waals surface area contributed by atoms with E-state index >= 15 is 0 Å². The minimum absolute atomic E-state index is 0.0125. The number of nitro groups is 1. The molecule has 148 valence electrons. The lowest BCUT2D eigenvalue weighted by Gasteiger charge is -2.07. The molecular weight excluding hydrogens is 398 g/mol. The van der Waals surface area contributed by atoms with Gasteiger partial charge >= 0.3 is 5.97 Å². The zero-order valence-electron chi connectivity index (χ0n) is 15.5. The number of carbonyl (C=O) groups is 1. The minimum atomic E-state index is -1.14. The van der Waals surface area contributed by atoms with Crippen LogP contribution in [-0.2, 0) is 0 Å². The number of aromatic carboxylic acids is 1. The van der Waals surface area contributed by atoms with Crippen molar-refractivity contribution in [3.63, 3.8) is 0 Å². The molecule has 0 saturated heterocycles. The Morgan fingerprint density at radius 1 is 1.28 bits per heavy atom. The van der Waals surface area contributed by atoms with Crippen LogP contribution in [0.3, 0.4) is 0 Å². The van der Waals surface area contributed by atoms with Crippen molar-refractivity contribution in [2.24, 2.45) is 0 Å². The second kappa shape index (κ2) is 7.84. The van der Waals surface area contributed by atoms with E-state index in [9.17, 15) is 19.7 Å². The molecule has 0 amide bonds. The first-order valence-electron chi connectivity index (χ1n) is 8.60. The number of nitrogens with one attached hydrogen (secondary N) is 1. The summed E-state index contributed by atoms with van der Waals surface area (Å²) in [5.41, 5.74) is 0.728. The fourth-order valence-corrected chi connectivity index (χ4v) is 3.11. The Kier molecular flexibility index (Phi) is 5.47. The van der Waals surface area contributed by atoms with Crippen molar-refractivity contribution in [2.45, 2.75) is 19.8 Å². The van der Waals surface area contributed by atoms with E-state index in [1.807, 2.05) is 13.8 Å². The van der Waals surface area contributed by atoms with E-state index in [4.69, 9.17) is 16.7 Å². The van der Waals surface area contributed by atoms with Crippen LogP contribution < -0.4 is 5.56 Å². The molecule has 2 aromatic carbocycles. The Morgan fingerprint density at radius 2 is 2.00 bits per heavy atom. The van der Waals surface area contributed by atoms with Gasteiger partial charge in [0.15, 0.2) is 5.82 Å². The number of H-pyrrole nitrogens is 1. The van der Waals surface area contributed by atoms with Crippen molar-refractivity contribution in [2.75, 3.05) is 0 Å². The number of carboxylic acid groups (broad SMARTS) is 1. The van der Waals surface area contributed by atoms with E-state index in [0.717, 1.165) is 0 Å². The molecule has 0 bridgehead atoms. The monoisotopic (exact) mass is 413 g/mol. The summed E-state index contributed by atoms with van der Waals surface area (Å²) in [6.45, 7) is 3.72. The maximum Gasteiger partial charge on any atom is 0.335 e. The van der Waals surface area contributed by atoms with Crippen LogP contribution in [0.1, 0.15) is 47.1 Å². The van der Waals surface area contributed by atoms with Gasteiger partial charge in [-0.05, 0) is 35.8 Å². The first-order valence-corrected chi connectivity index (χ1v) is 8.98. The summed E-state index contributed by atoms with van der Waals surface area (Å²) in [6, 6.07) is 8.72. The first-order chi connectivity index (χ1) is 13.7. The lowest BCUT2D eigenvalue weighted by molar-refractivity contribution is -0.385. The van der Waals surface area contributed by atoms with Crippen LogP contribution in [0.25, 0.3) is 22.0 Å². The van der Waals surface area contributed by atoms with Crippen LogP contribution in [0.4, 0.5) is 5.69 Å². The zero-order chi connectivity index (χ0) is 21.3. The summed E-state index contributed by atoms with van der Waals surface area (Å²) in [7, 11) is 0. The number of halogens is 1. The van der Waals surface area contributed by atoms with Gasteiger partial charge < -0.3 is 10.1 Å². The van der Waals surface area contributed by atoms with E-state index in [1.54, 1.807) is 12.1 Å². The highest BCUT2D eigenvalue weighted by Crippen LogP contribution is 2.29. The van der Waals surface area contributed by atoms with E-state index in [2.05, 4.69) is 9.97 Å². The summed E-state index contributed by atoms with van der Waals surface area (Å²) in [4.78, 5) is 41.1. The molecule has 0 atom stereocenters. The fraction of sp³-hybridized carbons (Fsp3) is 0.150. The van der Waals surface area contributed by atoms with Crippen LogP contribution in [-0.4, -0.2) is 26.0 Å². The third-order valence-corrected chi connectivity index (χ3v) is 4.63. The molecule has 0 unspecified atom stereocenters. The van der Waals surface area contributed by atoms with Gasteiger partial charge in [-0.25, -0.2) is 9.78 Å². The van der Waals surface area contributed by atoms with E-state index in [0.29, 0.717) is 11.1 Å². The minimum Gasteiger partial charge on any atom is -0.478 e. The topological polar surface area (TPSA) is 126 Å².